The molecule has 0 heterocycles. The van der Waals surface area contributed by atoms with Crippen LogP contribution in [0.3, 0.4) is 0 Å². The van der Waals surface area contributed by atoms with E-state index >= 15 is 0 Å². The summed E-state index contributed by atoms with van der Waals surface area (Å²) in [4.78, 5) is 12.7. The van der Waals surface area contributed by atoms with Gasteiger partial charge in [-0.2, -0.15) is 0 Å². The van der Waals surface area contributed by atoms with Crippen molar-refractivity contribution >= 4 is 23.3 Å². The van der Waals surface area contributed by atoms with Crippen LogP contribution in [-0.2, 0) is 11.2 Å². The van der Waals surface area contributed by atoms with Gasteiger partial charge in [0.1, 0.15) is 0 Å². The van der Waals surface area contributed by atoms with E-state index in [0.29, 0.717) is 12.3 Å². The van der Waals surface area contributed by atoms with Gasteiger partial charge < -0.3 is 10.0 Å². The van der Waals surface area contributed by atoms with Gasteiger partial charge in [-0.25, -0.2) is 0 Å². The molecule has 4 heteroatoms. The number of unbranched alkanes of at least 4 members (excludes halogenated alkanes) is 3. The molecule has 0 fully saturated rings. The van der Waals surface area contributed by atoms with Crippen molar-refractivity contribution in [3.8, 4) is 0 Å². The number of hydrogen-bond donors (Lipinski definition) is 1. The number of aliphatic carboxylic acids is 1. The predicted octanol–water partition coefficient (Wildman–Crippen LogP) is 4.33. The maximum Gasteiger partial charge on any atom is 0.303 e. The lowest BCUT2D eigenvalue weighted by molar-refractivity contribution is -0.137. The second kappa shape index (κ2) is 10.5. The number of carboxylic acids is 1. The molecule has 0 amide bonds. The van der Waals surface area contributed by atoms with Crippen LogP contribution in [0.4, 0.5) is 5.69 Å². The lowest BCUT2D eigenvalue weighted by Crippen LogP contribution is -2.24. The zero-order valence-electron chi connectivity index (χ0n) is 12.9. The Hall–Kier alpha value is -1.22. The predicted molar refractivity (Wildman–Crippen MR) is 89.5 cm³/mol. The van der Waals surface area contributed by atoms with Crippen LogP contribution in [0.5, 0.6) is 0 Å². The molecule has 118 valence electrons. The second-order valence-corrected chi connectivity index (χ2v) is 5.62. The number of hydrogen-bond acceptors (Lipinski definition) is 2. The van der Waals surface area contributed by atoms with Crippen molar-refractivity contribution in [3.63, 3.8) is 0 Å². The Morgan fingerprint density at radius 2 is 1.81 bits per heavy atom. The number of carboxylic acid groups (broad SMARTS) is 1. The monoisotopic (exact) mass is 311 g/mol. The van der Waals surface area contributed by atoms with Crippen LogP contribution in [0.25, 0.3) is 0 Å². The van der Waals surface area contributed by atoms with Crippen LogP contribution in [-0.4, -0.2) is 30.0 Å². The van der Waals surface area contributed by atoms with Crippen LogP contribution < -0.4 is 4.90 Å². The van der Waals surface area contributed by atoms with Gasteiger partial charge >= 0.3 is 5.97 Å². The SMILES string of the molecule is CCN(CCCl)c1ccc(CCCCCCC(=O)O)cc1. The summed E-state index contributed by atoms with van der Waals surface area (Å²) >= 11 is 5.81. The van der Waals surface area contributed by atoms with Gasteiger partial charge in [0, 0.05) is 31.1 Å². The molecule has 0 aliphatic heterocycles. The maximum absolute atomic E-state index is 10.4. The van der Waals surface area contributed by atoms with E-state index in [1.54, 1.807) is 0 Å². The molecule has 1 aromatic carbocycles. The van der Waals surface area contributed by atoms with Crippen LogP contribution in [0, 0.1) is 0 Å². The Labute approximate surface area is 132 Å². The smallest absolute Gasteiger partial charge is 0.303 e. The molecule has 0 unspecified atom stereocenters. The third-order valence-electron chi connectivity index (χ3n) is 3.64. The molecule has 0 atom stereocenters. The number of halogens is 1. The van der Waals surface area contributed by atoms with E-state index < -0.39 is 5.97 Å². The van der Waals surface area contributed by atoms with Crippen molar-refractivity contribution in [3.05, 3.63) is 29.8 Å². The highest BCUT2D eigenvalue weighted by Crippen LogP contribution is 2.17. The summed E-state index contributed by atoms with van der Waals surface area (Å²) in [6.45, 7) is 3.98. The Balaban J connectivity index is 2.29. The topological polar surface area (TPSA) is 40.5 Å². The van der Waals surface area contributed by atoms with E-state index in [4.69, 9.17) is 16.7 Å². The molecule has 1 aromatic rings. The normalized spacial score (nSPS) is 10.6. The van der Waals surface area contributed by atoms with E-state index in [2.05, 4.69) is 36.1 Å². The number of aryl methyl sites for hydroxylation is 1. The minimum absolute atomic E-state index is 0.294. The number of nitrogens with zero attached hydrogens (tertiary/aromatic N) is 1. The Morgan fingerprint density at radius 1 is 1.14 bits per heavy atom. The quantitative estimate of drug-likeness (QED) is 0.488. The fourth-order valence-electron chi connectivity index (χ4n) is 2.40. The summed E-state index contributed by atoms with van der Waals surface area (Å²) in [6, 6.07) is 8.69. The van der Waals surface area contributed by atoms with Crippen molar-refractivity contribution in [1.82, 2.24) is 0 Å². The molecule has 0 saturated carbocycles. The van der Waals surface area contributed by atoms with Gasteiger partial charge in [0.25, 0.3) is 0 Å². The molecule has 3 nitrogen and oxygen atoms in total. The summed E-state index contributed by atoms with van der Waals surface area (Å²) in [5.41, 5.74) is 2.57. The summed E-state index contributed by atoms with van der Waals surface area (Å²) in [5.74, 6) is -0.0469. The zero-order chi connectivity index (χ0) is 15.5. The van der Waals surface area contributed by atoms with Crippen molar-refractivity contribution in [2.24, 2.45) is 0 Å². The summed E-state index contributed by atoms with van der Waals surface area (Å²) < 4.78 is 0. The second-order valence-electron chi connectivity index (χ2n) is 5.24. The molecule has 0 aliphatic carbocycles. The highest BCUT2D eigenvalue weighted by molar-refractivity contribution is 6.18. The number of rotatable bonds is 11. The van der Waals surface area contributed by atoms with E-state index in [1.807, 2.05) is 0 Å². The van der Waals surface area contributed by atoms with Crippen molar-refractivity contribution < 1.29 is 9.90 Å². The fraction of sp³-hybridized carbons (Fsp3) is 0.588. The maximum atomic E-state index is 10.4. The first-order chi connectivity index (χ1) is 10.2. The van der Waals surface area contributed by atoms with Crippen molar-refractivity contribution in [2.75, 3.05) is 23.9 Å². The molecular weight excluding hydrogens is 286 g/mol. The summed E-state index contributed by atoms with van der Waals surface area (Å²) in [6.07, 6.45) is 5.37. The van der Waals surface area contributed by atoms with Crippen molar-refractivity contribution in [1.29, 1.82) is 0 Å². The molecule has 1 N–H and O–H groups in total. The Kier molecular flexibility index (Phi) is 8.91. The average molecular weight is 312 g/mol. The molecule has 21 heavy (non-hydrogen) atoms. The van der Waals surface area contributed by atoms with Crippen molar-refractivity contribution in [2.45, 2.75) is 45.4 Å². The third kappa shape index (κ3) is 7.37. The van der Waals surface area contributed by atoms with Crippen LogP contribution in [0.1, 0.15) is 44.6 Å². The van der Waals surface area contributed by atoms with E-state index in [1.165, 1.54) is 11.3 Å². The molecular formula is C17H26ClNO2. The first-order valence-corrected chi connectivity index (χ1v) is 8.32. The fourth-order valence-corrected chi connectivity index (χ4v) is 2.61. The van der Waals surface area contributed by atoms with Gasteiger partial charge in [-0.15, -0.1) is 11.6 Å². The lowest BCUT2D eigenvalue weighted by Gasteiger charge is -2.22. The highest BCUT2D eigenvalue weighted by atomic mass is 35.5. The number of alkyl halides is 1. The Morgan fingerprint density at radius 3 is 2.38 bits per heavy atom. The van der Waals surface area contributed by atoms with Gasteiger partial charge in [0.05, 0.1) is 0 Å². The molecule has 1 rings (SSSR count). The lowest BCUT2D eigenvalue weighted by atomic mass is 10.0. The third-order valence-corrected chi connectivity index (χ3v) is 3.81. The summed E-state index contributed by atoms with van der Waals surface area (Å²) in [7, 11) is 0. The number of carbonyl (C=O) groups is 1. The number of anilines is 1. The molecule has 0 aliphatic rings. The van der Waals surface area contributed by atoms with Crippen LogP contribution in [0.2, 0.25) is 0 Å². The van der Waals surface area contributed by atoms with Gasteiger partial charge in [0.2, 0.25) is 0 Å². The van der Waals surface area contributed by atoms with Crippen LogP contribution >= 0.6 is 11.6 Å². The van der Waals surface area contributed by atoms with Gasteiger partial charge in [-0.3, -0.25) is 4.79 Å². The molecule has 0 radical (unpaired) electrons. The molecule has 0 saturated heterocycles. The first kappa shape index (κ1) is 17.8. The molecule has 0 aromatic heterocycles. The van der Waals surface area contributed by atoms with E-state index in [0.717, 1.165) is 45.2 Å². The number of benzene rings is 1. The first-order valence-electron chi connectivity index (χ1n) is 7.79. The highest BCUT2D eigenvalue weighted by Gasteiger charge is 2.03. The zero-order valence-corrected chi connectivity index (χ0v) is 13.6. The summed E-state index contributed by atoms with van der Waals surface area (Å²) in [5, 5.41) is 8.57. The minimum atomic E-state index is -0.692. The van der Waals surface area contributed by atoms with Gasteiger partial charge in [0.15, 0.2) is 0 Å². The van der Waals surface area contributed by atoms with Gasteiger partial charge in [-0.05, 0) is 43.9 Å². The molecule has 0 bridgehead atoms. The minimum Gasteiger partial charge on any atom is -0.481 e. The standard InChI is InChI=1S/C17H26ClNO2/c1-2-19(14-13-18)16-11-9-15(10-12-16)7-5-3-4-6-8-17(20)21/h9-12H,2-8,13-14H2,1H3,(H,20,21). The van der Waals surface area contributed by atoms with E-state index in [-0.39, 0.29) is 0 Å². The molecule has 0 spiro atoms. The van der Waals surface area contributed by atoms with Crippen LogP contribution in [0.15, 0.2) is 24.3 Å². The van der Waals surface area contributed by atoms with E-state index in [9.17, 15) is 4.79 Å². The Bertz CT molecular complexity index is 406. The largest absolute Gasteiger partial charge is 0.481 e. The van der Waals surface area contributed by atoms with Gasteiger partial charge in [-0.1, -0.05) is 25.0 Å². The average Bonchev–Trinajstić information content (AvgIpc) is 2.49.